The molecule has 0 bridgehead atoms. The largest absolute Gasteiger partial charge is 0.481 e. The van der Waals surface area contributed by atoms with Crippen LogP contribution >= 0.6 is 0 Å². The van der Waals surface area contributed by atoms with Crippen molar-refractivity contribution < 1.29 is 9.53 Å². The lowest BCUT2D eigenvalue weighted by molar-refractivity contribution is -0.118. The Balaban J connectivity index is 1.33. The van der Waals surface area contributed by atoms with Gasteiger partial charge in [-0.1, -0.05) is 62.4 Å². The minimum absolute atomic E-state index is 0.0774. The first-order valence-corrected chi connectivity index (χ1v) is 11.6. The van der Waals surface area contributed by atoms with Gasteiger partial charge >= 0.3 is 0 Å². The summed E-state index contributed by atoms with van der Waals surface area (Å²) in [5.41, 5.74) is 1.58. The van der Waals surface area contributed by atoms with E-state index < -0.39 is 0 Å². The van der Waals surface area contributed by atoms with E-state index in [4.69, 9.17) is 9.72 Å². The summed E-state index contributed by atoms with van der Waals surface area (Å²) < 4.78 is 5.96. The Hall–Kier alpha value is -3.60. The Labute approximate surface area is 194 Å². The highest BCUT2D eigenvalue weighted by atomic mass is 16.5. The Kier molecular flexibility index (Phi) is 5.86. The minimum atomic E-state index is -0.196. The first-order chi connectivity index (χ1) is 16.1. The first-order valence-electron chi connectivity index (χ1n) is 11.6. The van der Waals surface area contributed by atoms with E-state index in [0.29, 0.717) is 17.6 Å². The van der Waals surface area contributed by atoms with Crippen LogP contribution in [0.5, 0.6) is 5.75 Å². The second-order valence-corrected chi connectivity index (χ2v) is 9.21. The number of carbonyl (C=O) groups is 1. The molecule has 5 nitrogen and oxygen atoms in total. The van der Waals surface area contributed by atoms with Crippen molar-refractivity contribution in [1.82, 2.24) is 4.98 Å². The molecule has 168 valence electrons. The van der Waals surface area contributed by atoms with Gasteiger partial charge in [-0.15, -0.1) is 0 Å². The lowest BCUT2D eigenvalue weighted by Crippen LogP contribution is -2.39. The van der Waals surface area contributed by atoms with E-state index in [-0.39, 0.29) is 12.5 Å². The molecule has 0 aliphatic carbocycles. The number of benzene rings is 3. The second-order valence-electron chi connectivity index (χ2n) is 9.21. The molecule has 1 amide bonds. The molecule has 2 heterocycles. The van der Waals surface area contributed by atoms with E-state index in [2.05, 4.69) is 36.2 Å². The van der Waals surface area contributed by atoms with Gasteiger partial charge < -0.3 is 15.0 Å². The second kappa shape index (κ2) is 9.10. The topological polar surface area (TPSA) is 54.5 Å². The van der Waals surface area contributed by atoms with Crippen molar-refractivity contribution in [2.45, 2.75) is 20.3 Å². The number of aromatic nitrogens is 1. The summed E-state index contributed by atoms with van der Waals surface area (Å²) in [5, 5.41) is 6.08. The van der Waals surface area contributed by atoms with Crippen molar-refractivity contribution in [1.29, 1.82) is 0 Å². The van der Waals surface area contributed by atoms with Gasteiger partial charge in [0.05, 0.1) is 0 Å². The fraction of sp³-hybridized carbons (Fsp3) is 0.286. The molecular weight excluding hydrogens is 410 g/mol. The molecule has 1 aliphatic heterocycles. The number of pyridine rings is 1. The van der Waals surface area contributed by atoms with Crippen LogP contribution in [0.3, 0.4) is 0 Å². The number of ether oxygens (including phenoxy) is 1. The number of piperidine rings is 1. The molecule has 3 aromatic carbocycles. The summed E-state index contributed by atoms with van der Waals surface area (Å²) in [5.74, 6) is 2.70. The van der Waals surface area contributed by atoms with E-state index in [9.17, 15) is 4.79 Å². The molecule has 33 heavy (non-hydrogen) atoms. The molecule has 1 saturated heterocycles. The van der Waals surface area contributed by atoms with Gasteiger partial charge in [-0.3, -0.25) is 4.79 Å². The maximum absolute atomic E-state index is 12.7. The van der Waals surface area contributed by atoms with E-state index >= 15 is 0 Å². The van der Waals surface area contributed by atoms with Crippen molar-refractivity contribution in [3.63, 3.8) is 0 Å². The van der Waals surface area contributed by atoms with Crippen LogP contribution in [0.1, 0.15) is 20.3 Å². The number of hydrogen-bond acceptors (Lipinski definition) is 4. The molecule has 1 aromatic heterocycles. The molecule has 4 aromatic rings. The average Bonchev–Trinajstić information content (AvgIpc) is 2.82. The number of rotatable bonds is 5. The van der Waals surface area contributed by atoms with Gasteiger partial charge in [0, 0.05) is 29.5 Å². The monoisotopic (exact) mass is 439 g/mol. The van der Waals surface area contributed by atoms with Crippen LogP contribution in [0.4, 0.5) is 11.5 Å². The highest BCUT2D eigenvalue weighted by Crippen LogP contribution is 2.30. The molecule has 1 fully saturated rings. The molecule has 0 spiro atoms. The molecule has 0 radical (unpaired) electrons. The zero-order valence-corrected chi connectivity index (χ0v) is 19.1. The number of para-hydroxylation sites is 1. The maximum Gasteiger partial charge on any atom is 0.262 e. The molecule has 1 N–H and O–H groups in total. The normalized spacial score (nSPS) is 18.4. The van der Waals surface area contributed by atoms with Crippen LogP contribution in [-0.4, -0.2) is 30.6 Å². The average molecular weight is 440 g/mol. The molecular formula is C28H29N3O2. The van der Waals surface area contributed by atoms with E-state index in [0.717, 1.165) is 46.3 Å². The van der Waals surface area contributed by atoms with E-state index in [1.807, 2.05) is 60.7 Å². The van der Waals surface area contributed by atoms with Crippen LogP contribution in [0, 0.1) is 11.8 Å². The highest BCUT2D eigenvalue weighted by molar-refractivity contribution is 6.02. The van der Waals surface area contributed by atoms with Gasteiger partial charge in [0.2, 0.25) is 0 Å². The predicted molar refractivity (Wildman–Crippen MR) is 135 cm³/mol. The Morgan fingerprint density at radius 1 is 0.939 bits per heavy atom. The molecule has 2 atom stereocenters. The Morgan fingerprint density at radius 2 is 1.67 bits per heavy atom. The minimum Gasteiger partial charge on any atom is -0.481 e. The highest BCUT2D eigenvalue weighted by Gasteiger charge is 2.23. The summed E-state index contributed by atoms with van der Waals surface area (Å²) in [7, 11) is 0. The summed E-state index contributed by atoms with van der Waals surface area (Å²) in [6.45, 7) is 6.55. The third-order valence-electron chi connectivity index (χ3n) is 6.28. The van der Waals surface area contributed by atoms with Crippen molar-refractivity contribution in [3.8, 4) is 5.75 Å². The van der Waals surface area contributed by atoms with Crippen molar-refractivity contribution in [2.75, 3.05) is 29.9 Å². The lowest BCUT2D eigenvalue weighted by Gasteiger charge is -2.35. The van der Waals surface area contributed by atoms with Gasteiger partial charge in [-0.2, -0.15) is 0 Å². The first kappa shape index (κ1) is 21.3. The van der Waals surface area contributed by atoms with E-state index in [1.54, 1.807) is 0 Å². The Morgan fingerprint density at radius 3 is 2.52 bits per heavy atom. The zero-order valence-electron chi connectivity index (χ0n) is 19.1. The molecule has 0 saturated carbocycles. The standard InChI is InChI=1S/C28H29N3O2/c1-19-15-20(2)17-31(16-19)26-14-13-22-9-6-12-25(28(22)30-26)33-18-27(32)29-24-11-5-8-21-7-3-4-10-23(21)24/h3-14,19-20H,15-18H2,1-2H3,(H,29,32). The number of anilines is 2. The molecule has 5 heteroatoms. The molecule has 5 rings (SSSR count). The summed E-state index contributed by atoms with van der Waals surface area (Å²) >= 11 is 0. The van der Waals surface area contributed by atoms with E-state index in [1.165, 1.54) is 6.42 Å². The zero-order chi connectivity index (χ0) is 22.8. The summed E-state index contributed by atoms with van der Waals surface area (Å²) in [6, 6.07) is 23.9. The molecule has 1 aliphatic rings. The Bertz CT molecular complexity index is 1290. The fourth-order valence-corrected chi connectivity index (χ4v) is 4.92. The number of nitrogens with zero attached hydrogens (tertiary/aromatic N) is 2. The van der Waals surface area contributed by atoms with Gasteiger partial charge in [0.25, 0.3) is 5.91 Å². The van der Waals surface area contributed by atoms with Gasteiger partial charge in [0.15, 0.2) is 6.61 Å². The maximum atomic E-state index is 12.7. The number of carbonyl (C=O) groups excluding carboxylic acids is 1. The van der Waals surface area contributed by atoms with Gasteiger partial charge in [-0.05, 0) is 47.9 Å². The predicted octanol–water partition coefficient (Wildman–Crippen LogP) is 5.89. The van der Waals surface area contributed by atoms with Crippen molar-refractivity contribution >= 4 is 39.1 Å². The van der Waals surface area contributed by atoms with Gasteiger partial charge in [-0.25, -0.2) is 4.98 Å². The number of nitrogens with one attached hydrogen (secondary N) is 1. The third kappa shape index (κ3) is 4.63. The van der Waals surface area contributed by atoms with Gasteiger partial charge in [0.1, 0.15) is 17.1 Å². The quantitative estimate of drug-likeness (QED) is 0.421. The van der Waals surface area contributed by atoms with Crippen molar-refractivity contribution in [3.05, 3.63) is 72.8 Å². The van der Waals surface area contributed by atoms with Crippen LogP contribution < -0.4 is 15.0 Å². The number of fused-ring (bicyclic) bond motifs is 2. The lowest BCUT2D eigenvalue weighted by atomic mass is 9.92. The van der Waals surface area contributed by atoms with Crippen LogP contribution in [-0.2, 0) is 4.79 Å². The fourth-order valence-electron chi connectivity index (χ4n) is 4.92. The smallest absolute Gasteiger partial charge is 0.262 e. The summed E-state index contributed by atoms with van der Waals surface area (Å²) in [6.07, 6.45) is 1.25. The SMILES string of the molecule is CC1CC(C)CN(c2ccc3cccc(OCC(=O)Nc4cccc5ccccc45)c3n2)C1. The van der Waals surface area contributed by atoms with Crippen molar-refractivity contribution in [2.24, 2.45) is 11.8 Å². The summed E-state index contributed by atoms with van der Waals surface area (Å²) in [4.78, 5) is 20.0. The van der Waals surface area contributed by atoms with Crippen LogP contribution in [0.2, 0.25) is 0 Å². The van der Waals surface area contributed by atoms with Crippen LogP contribution in [0.25, 0.3) is 21.7 Å². The molecule has 2 unspecified atom stereocenters. The number of hydrogen-bond donors (Lipinski definition) is 1. The third-order valence-corrected chi connectivity index (χ3v) is 6.28. The van der Waals surface area contributed by atoms with Crippen LogP contribution in [0.15, 0.2) is 72.8 Å². The number of amides is 1.